The molecule has 5 saturated carbocycles. The van der Waals surface area contributed by atoms with Gasteiger partial charge in [-0.25, -0.2) is 14.1 Å². The van der Waals surface area contributed by atoms with Crippen LogP contribution in [0.3, 0.4) is 0 Å². The first kappa shape index (κ1) is 42.6. The van der Waals surface area contributed by atoms with Crippen LogP contribution in [-0.4, -0.2) is 94.1 Å². The molecule has 6 rings (SSSR count). The first-order chi connectivity index (χ1) is 25.5. The Bertz CT molecular complexity index is 1300. The van der Waals surface area contributed by atoms with Crippen molar-refractivity contribution in [3.63, 3.8) is 0 Å². The maximum Gasteiger partial charge on any atom is 0.283 e. The number of hydrogen-bond acceptors (Lipinski definition) is 21. The molecule has 18 nitrogen and oxygen atoms in total. The molecule has 0 amide bonds. The van der Waals surface area contributed by atoms with Gasteiger partial charge in [0.1, 0.15) is 23.9 Å². The zero-order valence-electron chi connectivity index (χ0n) is 30.0. The van der Waals surface area contributed by atoms with Crippen molar-refractivity contribution in [2.24, 2.45) is 45.7 Å². The number of aliphatic hydroxyl groups excluding tert-OH is 2. The molecule has 0 aromatic rings. The van der Waals surface area contributed by atoms with E-state index in [0.29, 0.717) is 24.7 Å². The van der Waals surface area contributed by atoms with E-state index >= 15 is 0 Å². The van der Waals surface area contributed by atoms with Gasteiger partial charge in [-0.2, -0.15) is 18.6 Å². The second-order valence-electron chi connectivity index (χ2n) is 15.9. The van der Waals surface area contributed by atoms with E-state index in [0.717, 1.165) is 88.3 Å². The van der Waals surface area contributed by atoms with Gasteiger partial charge in [-0.15, -0.1) is 8.67 Å². The minimum absolute atomic E-state index is 0.0116. The molecule has 5 aliphatic carbocycles. The van der Waals surface area contributed by atoms with Gasteiger partial charge < -0.3 is 10.2 Å². The first-order valence-electron chi connectivity index (χ1n) is 18.9. The predicted octanol–water partition coefficient (Wildman–Crippen LogP) is 3.00. The highest BCUT2D eigenvalue weighted by Gasteiger charge is 2.52. The van der Waals surface area contributed by atoms with Crippen molar-refractivity contribution in [3.8, 4) is 0 Å². The summed E-state index contributed by atoms with van der Waals surface area (Å²) < 4.78 is 40.9. The molecule has 0 aromatic carbocycles. The Hall–Kier alpha value is 0.0400. The molecule has 0 radical (unpaired) electrons. The number of rotatable bonds is 14. The second kappa shape index (κ2) is 19.7. The molecule has 1 heterocycles. The number of fused-ring (bicyclic) bond motifs is 2. The van der Waals surface area contributed by atoms with Crippen LogP contribution in [0.2, 0.25) is 0 Å². The van der Waals surface area contributed by atoms with Crippen molar-refractivity contribution in [2.45, 2.75) is 156 Å². The number of azo groups is 1. The molecule has 1 saturated heterocycles. The largest absolute Gasteiger partial charge is 0.390 e. The summed E-state index contributed by atoms with van der Waals surface area (Å²) >= 11 is 5.65. The lowest BCUT2D eigenvalue weighted by atomic mass is 9.65. The molecule has 53 heavy (non-hydrogen) atoms. The van der Waals surface area contributed by atoms with Crippen molar-refractivity contribution in [2.75, 3.05) is 0 Å². The summed E-state index contributed by atoms with van der Waals surface area (Å²) in [6.07, 6.45) is 6.89. The van der Waals surface area contributed by atoms with Crippen LogP contribution in [-0.2, 0) is 32.5 Å². The summed E-state index contributed by atoms with van der Waals surface area (Å²) in [5.74, 6) is 0.899. The van der Waals surface area contributed by atoms with Crippen molar-refractivity contribution >= 4 is 47.1 Å². The van der Waals surface area contributed by atoms with Crippen molar-refractivity contribution < 1.29 is 51.5 Å². The molecule has 0 aromatic heterocycles. The van der Waals surface area contributed by atoms with Crippen molar-refractivity contribution in [1.82, 2.24) is 26.6 Å². The molecule has 17 atom stereocenters. The van der Waals surface area contributed by atoms with Crippen LogP contribution in [0.15, 0.2) is 10.2 Å². The van der Waals surface area contributed by atoms with Crippen LogP contribution in [0.25, 0.3) is 0 Å². The Morgan fingerprint density at radius 2 is 1.42 bits per heavy atom. The Balaban J connectivity index is 1.16. The highest BCUT2D eigenvalue weighted by Crippen LogP contribution is 2.48. The zero-order chi connectivity index (χ0) is 37.7. The van der Waals surface area contributed by atoms with Crippen LogP contribution in [0, 0.1) is 35.5 Å². The highest BCUT2D eigenvalue weighted by atomic mass is 32.3. The van der Waals surface area contributed by atoms with Gasteiger partial charge >= 0.3 is 0 Å². The maximum atomic E-state index is 13.2. The van der Waals surface area contributed by atoms with Crippen LogP contribution >= 0.6 is 37.0 Å². The van der Waals surface area contributed by atoms with Crippen LogP contribution in [0.5, 0.6) is 0 Å². The quantitative estimate of drug-likeness (QED) is 0.0398. The lowest BCUT2D eigenvalue weighted by Crippen LogP contribution is -2.77. The molecule has 1 aliphatic heterocycles. The van der Waals surface area contributed by atoms with Crippen molar-refractivity contribution in [1.29, 1.82) is 0 Å². The third kappa shape index (κ3) is 10.4. The van der Waals surface area contributed by atoms with E-state index in [-0.39, 0.29) is 41.0 Å². The average Bonchev–Trinajstić information content (AvgIpc) is 3.13. The number of nitrogens with one attached hydrogen (secondary N) is 5. The minimum atomic E-state index is -4.02. The zero-order valence-corrected chi connectivity index (χ0v) is 33.4. The third-order valence-electron chi connectivity index (χ3n) is 12.9. The van der Waals surface area contributed by atoms with Gasteiger partial charge in [0, 0.05) is 42.1 Å². The van der Waals surface area contributed by atoms with Gasteiger partial charge in [0.05, 0.1) is 22.6 Å². The molecule has 0 bridgehead atoms. The van der Waals surface area contributed by atoms with Crippen molar-refractivity contribution in [3.05, 3.63) is 0 Å². The van der Waals surface area contributed by atoms with E-state index < -0.39 is 57.7 Å². The summed E-state index contributed by atoms with van der Waals surface area (Å²) in [7, 11) is -4.02. The van der Waals surface area contributed by atoms with E-state index in [2.05, 4.69) is 68.5 Å². The topological polar surface area (TPSA) is 246 Å². The van der Waals surface area contributed by atoms with Crippen LogP contribution < -0.4 is 26.6 Å². The summed E-state index contributed by atoms with van der Waals surface area (Å²) in [4.78, 5) is 0. The molecule has 6 fully saturated rings. The Morgan fingerprint density at radius 1 is 0.755 bits per heavy atom. The van der Waals surface area contributed by atoms with E-state index in [4.69, 9.17) is 27.9 Å². The Labute approximate surface area is 325 Å². The molecular weight excluding hydrogens is 775 g/mol. The fraction of sp³-hybridized carbons (Fsp3) is 1.00. The van der Waals surface area contributed by atoms with Gasteiger partial charge in [0.15, 0.2) is 6.35 Å². The van der Waals surface area contributed by atoms with Crippen LogP contribution in [0.4, 0.5) is 0 Å². The van der Waals surface area contributed by atoms with Gasteiger partial charge in [0.25, 0.3) is 10.1 Å². The van der Waals surface area contributed by atoms with Crippen LogP contribution in [0.1, 0.15) is 90.9 Å². The van der Waals surface area contributed by atoms with E-state index in [1.54, 1.807) is 0 Å². The molecule has 22 heteroatoms. The molecule has 306 valence electrons. The third-order valence-corrected chi connectivity index (χ3v) is 16.9. The molecule has 0 spiro atoms. The lowest BCUT2D eigenvalue weighted by molar-refractivity contribution is -0.432. The molecule has 6 aliphatic rings. The highest BCUT2D eigenvalue weighted by molar-refractivity contribution is 7.96. The van der Waals surface area contributed by atoms with E-state index in [1.165, 1.54) is 0 Å². The SMILES string of the molecule is CC1CC(NC2NC(O)NC(NC3CCCC4CC(SOOO)C(N=NC5CCC6CCCCC6C5S(=O)(=O)OS)C(O)C43)N2)C(SOOO)CC1C. The standard InChI is InChI=1S/C31H57N7O11S4/c1-15-12-22(23(13-16(15)2)51-47-45-41)33-30-34-29(35-31(40)36-30)32-20-9-5-7-18-14-24(52-48-46-42)26(27(39)25(18)20)38-37-21-11-10-17-6-3-4-8-19(17)28(21)53(43,44)49-50/h15-36,39-42,50H,3-14H2,1-2H3. The van der Waals surface area contributed by atoms with Gasteiger partial charge in [0.2, 0.25) is 0 Å². The van der Waals surface area contributed by atoms with Gasteiger partial charge in [-0.05, 0) is 93.9 Å². The van der Waals surface area contributed by atoms with Gasteiger partial charge in [-0.3, -0.25) is 26.6 Å². The average molecular weight is 832 g/mol. The Kier molecular flexibility index (Phi) is 15.8. The Morgan fingerprint density at radius 3 is 2.13 bits per heavy atom. The molecule has 9 N–H and O–H groups in total. The molecule has 17 unspecified atom stereocenters. The molecular formula is C31H57N7O11S4. The van der Waals surface area contributed by atoms with E-state index in [9.17, 15) is 18.6 Å². The lowest BCUT2D eigenvalue weighted by Gasteiger charge is -2.50. The monoisotopic (exact) mass is 831 g/mol. The fourth-order valence-corrected chi connectivity index (χ4v) is 13.6. The minimum Gasteiger partial charge on any atom is -0.390 e. The summed E-state index contributed by atoms with van der Waals surface area (Å²) in [5, 5.41) is 73.4. The smallest absolute Gasteiger partial charge is 0.283 e. The number of thiol groups is 1. The number of aliphatic hydroxyl groups is 2. The summed E-state index contributed by atoms with van der Waals surface area (Å²) in [6.45, 7) is 4.40. The number of nitrogens with zero attached hydrogens (tertiary/aromatic N) is 2. The van der Waals surface area contributed by atoms with Gasteiger partial charge in [-0.1, -0.05) is 49.6 Å². The normalized spacial score (nSPS) is 45.5. The maximum absolute atomic E-state index is 13.2. The predicted molar refractivity (Wildman–Crippen MR) is 198 cm³/mol. The summed E-state index contributed by atoms with van der Waals surface area (Å²) in [5.41, 5.74) is 0. The second-order valence-corrected chi connectivity index (χ2v) is 19.9. The summed E-state index contributed by atoms with van der Waals surface area (Å²) in [6, 6.07) is -1.64. The van der Waals surface area contributed by atoms with E-state index in [1.807, 2.05) is 0 Å². The fourth-order valence-electron chi connectivity index (χ4n) is 10.2. The number of hydrogen-bond donors (Lipinski definition) is 10. The first-order valence-corrected chi connectivity index (χ1v) is 22.4.